The number of Topliss-reactive ketones (excluding diaryl/α,β-unsaturated/α-hetero) is 1. The molecule has 9 heteroatoms. The number of carbonyl (C=O) groups is 1. The Labute approximate surface area is 90.0 Å². The highest BCUT2D eigenvalue weighted by Crippen LogP contribution is 2.60. The van der Waals surface area contributed by atoms with Gasteiger partial charge in [-0.25, -0.2) is 0 Å². The molecule has 0 radical (unpaired) electrons. The molecule has 0 aromatic heterocycles. The number of nitrogens with zero attached hydrogens (tertiary/aromatic N) is 1. The smallest absolute Gasteiger partial charge is 0.300 e. The largest absolute Gasteiger partial charge is 0.459 e. The molecule has 0 spiro atoms. The van der Waals surface area contributed by atoms with Crippen LogP contribution in [0.4, 0.5) is 30.7 Å². The molecule has 1 aliphatic rings. The number of nitriles is 1. The van der Waals surface area contributed by atoms with E-state index in [1.165, 1.54) is 0 Å². The first-order chi connectivity index (χ1) is 7.41. The molecule has 2 nitrogen and oxygen atoms in total. The Bertz CT molecular complexity index is 384. The molecule has 0 N–H and O–H groups in total. The third-order valence-corrected chi connectivity index (χ3v) is 2.56. The van der Waals surface area contributed by atoms with Gasteiger partial charge in [0.25, 0.3) is 0 Å². The Morgan fingerprint density at radius 1 is 1.06 bits per heavy atom. The molecule has 0 amide bonds. The SMILES string of the molecule is N#CC1(C(F)(F)C(F)(F)C(F)(F)F)CC(=O)C1. The van der Waals surface area contributed by atoms with Crippen LogP contribution >= 0.6 is 0 Å². The number of hydrogen-bond acceptors (Lipinski definition) is 2. The van der Waals surface area contributed by atoms with E-state index in [-0.39, 0.29) is 0 Å². The maximum absolute atomic E-state index is 13.1. The van der Waals surface area contributed by atoms with Gasteiger partial charge in [-0.1, -0.05) is 0 Å². The van der Waals surface area contributed by atoms with Gasteiger partial charge in [-0.05, 0) is 0 Å². The monoisotopic (exact) mass is 263 g/mol. The number of alkyl halides is 7. The Morgan fingerprint density at radius 2 is 1.47 bits per heavy atom. The van der Waals surface area contributed by atoms with Crippen molar-refractivity contribution < 1.29 is 35.5 Å². The van der Waals surface area contributed by atoms with E-state index in [0.29, 0.717) is 6.07 Å². The first kappa shape index (κ1) is 13.7. The van der Waals surface area contributed by atoms with Crippen molar-refractivity contribution >= 4 is 5.78 Å². The summed E-state index contributed by atoms with van der Waals surface area (Å²) in [5, 5.41) is 8.34. The molecule has 96 valence electrons. The summed E-state index contributed by atoms with van der Waals surface area (Å²) in [6, 6.07) is 0.713. The topological polar surface area (TPSA) is 40.9 Å². The molecule has 0 aliphatic heterocycles. The van der Waals surface area contributed by atoms with Crippen molar-refractivity contribution in [1.29, 1.82) is 5.26 Å². The molecular weight excluding hydrogens is 259 g/mol. The molecule has 1 rings (SSSR count). The van der Waals surface area contributed by atoms with E-state index < -0.39 is 42.1 Å². The zero-order valence-corrected chi connectivity index (χ0v) is 7.92. The van der Waals surface area contributed by atoms with Crippen LogP contribution in [0.5, 0.6) is 0 Å². The molecule has 0 saturated heterocycles. The third kappa shape index (κ3) is 1.57. The zero-order chi connectivity index (χ0) is 13.7. The van der Waals surface area contributed by atoms with Gasteiger partial charge in [0.05, 0.1) is 6.07 Å². The van der Waals surface area contributed by atoms with Crippen LogP contribution in [0.3, 0.4) is 0 Å². The summed E-state index contributed by atoms with van der Waals surface area (Å²) in [6.07, 6.45) is -9.09. The van der Waals surface area contributed by atoms with E-state index in [2.05, 4.69) is 0 Å². The molecule has 0 heterocycles. The van der Waals surface area contributed by atoms with E-state index in [0.717, 1.165) is 0 Å². The molecule has 0 aromatic rings. The van der Waals surface area contributed by atoms with Crippen LogP contribution < -0.4 is 0 Å². The minimum Gasteiger partial charge on any atom is -0.300 e. The van der Waals surface area contributed by atoms with Crippen molar-refractivity contribution in [3.05, 3.63) is 0 Å². The highest BCUT2D eigenvalue weighted by atomic mass is 19.4. The lowest BCUT2D eigenvalue weighted by Gasteiger charge is -2.43. The van der Waals surface area contributed by atoms with Gasteiger partial charge in [-0.2, -0.15) is 36.0 Å². The summed E-state index contributed by atoms with van der Waals surface area (Å²) >= 11 is 0. The molecule has 1 saturated carbocycles. The van der Waals surface area contributed by atoms with Crippen LogP contribution in [-0.4, -0.2) is 23.8 Å². The van der Waals surface area contributed by atoms with Crippen LogP contribution in [0, 0.1) is 16.7 Å². The molecular formula is C8H4F7NO. The zero-order valence-electron chi connectivity index (χ0n) is 7.92. The van der Waals surface area contributed by atoms with Crippen LogP contribution in [-0.2, 0) is 4.79 Å². The Morgan fingerprint density at radius 3 is 1.71 bits per heavy atom. The molecule has 1 fully saturated rings. The van der Waals surface area contributed by atoms with Gasteiger partial charge in [-0.15, -0.1) is 0 Å². The summed E-state index contributed by atoms with van der Waals surface area (Å²) < 4.78 is 86.9. The number of halogens is 7. The highest BCUT2D eigenvalue weighted by Gasteiger charge is 2.81. The van der Waals surface area contributed by atoms with Gasteiger partial charge in [0, 0.05) is 12.8 Å². The van der Waals surface area contributed by atoms with E-state index in [1.807, 2.05) is 0 Å². The molecule has 0 bridgehead atoms. The second-order valence-corrected chi connectivity index (χ2v) is 3.73. The quantitative estimate of drug-likeness (QED) is 0.718. The van der Waals surface area contributed by atoms with Gasteiger partial charge in [0.1, 0.15) is 11.2 Å². The Balaban J connectivity index is 3.20. The Hall–Kier alpha value is -1.33. The van der Waals surface area contributed by atoms with Crippen molar-refractivity contribution in [3.63, 3.8) is 0 Å². The van der Waals surface area contributed by atoms with Gasteiger partial charge in [0.2, 0.25) is 0 Å². The predicted molar refractivity (Wildman–Crippen MR) is 38.2 cm³/mol. The summed E-state index contributed by atoms with van der Waals surface area (Å²) in [4.78, 5) is 10.5. The minimum absolute atomic E-state index is 0.713. The van der Waals surface area contributed by atoms with Crippen molar-refractivity contribution in [2.24, 2.45) is 5.41 Å². The fraction of sp³-hybridized carbons (Fsp3) is 0.750. The number of carbonyl (C=O) groups excluding carboxylic acids is 1. The van der Waals surface area contributed by atoms with Crippen LogP contribution in [0.1, 0.15) is 12.8 Å². The van der Waals surface area contributed by atoms with Crippen molar-refractivity contribution in [3.8, 4) is 6.07 Å². The van der Waals surface area contributed by atoms with E-state index in [4.69, 9.17) is 5.26 Å². The number of rotatable bonds is 2. The summed E-state index contributed by atoms with van der Waals surface area (Å²) in [6.45, 7) is 0. The lowest BCUT2D eigenvalue weighted by atomic mass is 9.63. The number of hydrogen-bond donors (Lipinski definition) is 0. The predicted octanol–water partition coefficient (Wildman–Crippen LogP) is 2.69. The molecule has 0 unspecified atom stereocenters. The van der Waals surface area contributed by atoms with Gasteiger partial charge < -0.3 is 0 Å². The highest BCUT2D eigenvalue weighted by molar-refractivity contribution is 5.87. The average Bonchev–Trinajstić information content (AvgIpc) is 2.09. The molecule has 1 aliphatic carbocycles. The molecule has 0 atom stereocenters. The lowest BCUT2D eigenvalue weighted by molar-refractivity contribution is -0.376. The van der Waals surface area contributed by atoms with Crippen molar-refractivity contribution in [2.75, 3.05) is 0 Å². The third-order valence-electron chi connectivity index (χ3n) is 2.56. The first-order valence-corrected chi connectivity index (χ1v) is 4.16. The van der Waals surface area contributed by atoms with Crippen molar-refractivity contribution in [1.82, 2.24) is 0 Å². The lowest BCUT2D eigenvalue weighted by Crippen LogP contribution is -2.64. The van der Waals surface area contributed by atoms with E-state index in [9.17, 15) is 35.5 Å². The minimum atomic E-state index is -6.49. The average molecular weight is 263 g/mol. The van der Waals surface area contributed by atoms with Gasteiger partial charge in [0.15, 0.2) is 0 Å². The Kier molecular flexibility index (Phi) is 2.69. The van der Waals surface area contributed by atoms with Crippen LogP contribution in [0.25, 0.3) is 0 Å². The maximum atomic E-state index is 13.1. The normalized spacial score (nSPS) is 20.7. The standard InChI is InChI=1S/C8H4F7NO/c9-6(10,7(11,12)8(13,14)15)5(3-16)1-4(17)2-5/h1-2H2. The fourth-order valence-corrected chi connectivity index (χ4v) is 1.47. The van der Waals surface area contributed by atoms with Gasteiger partial charge in [-0.3, -0.25) is 4.79 Å². The van der Waals surface area contributed by atoms with Crippen LogP contribution in [0.2, 0.25) is 0 Å². The second-order valence-electron chi connectivity index (χ2n) is 3.73. The van der Waals surface area contributed by atoms with Crippen molar-refractivity contribution in [2.45, 2.75) is 30.9 Å². The maximum Gasteiger partial charge on any atom is 0.459 e. The fourth-order valence-electron chi connectivity index (χ4n) is 1.47. The first-order valence-electron chi connectivity index (χ1n) is 4.16. The second kappa shape index (κ2) is 3.34. The number of ketones is 1. The van der Waals surface area contributed by atoms with E-state index >= 15 is 0 Å². The molecule has 17 heavy (non-hydrogen) atoms. The summed E-state index contributed by atoms with van der Waals surface area (Å²) in [5.41, 5.74) is -3.27. The summed E-state index contributed by atoms with van der Waals surface area (Å²) in [5.74, 6) is -12.9. The van der Waals surface area contributed by atoms with Gasteiger partial charge >= 0.3 is 18.0 Å². The van der Waals surface area contributed by atoms with E-state index in [1.54, 1.807) is 0 Å². The van der Waals surface area contributed by atoms with Crippen LogP contribution in [0.15, 0.2) is 0 Å². The molecule has 0 aromatic carbocycles. The summed E-state index contributed by atoms with van der Waals surface area (Å²) in [7, 11) is 0.